The highest BCUT2D eigenvalue weighted by Crippen LogP contribution is 2.22. The van der Waals surface area contributed by atoms with Gasteiger partial charge in [-0.05, 0) is 30.7 Å². The third kappa shape index (κ3) is 4.77. The van der Waals surface area contributed by atoms with Gasteiger partial charge in [0.25, 0.3) is 11.6 Å². The first-order valence-corrected chi connectivity index (χ1v) is 7.27. The maximum atomic E-state index is 12.0. The molecule has 2 aromatic carbocycles. The summed E-state index contributed by atoms with van der Waals surface area (Å²) in [5, 5.41) is 13.4. The number of hydrogen-bond donors (Lipinski definition) is 1. The van der Waals surface area contributed by atoms with Gasteiger partial charge in [0.2, 0.25) is 0 Å². The van der Waals surface area contributed by atoms with Gasteiger partial charge in [0, 0.05) is 12.1 Å². The number of carbonyl (C=O) groups is 2. The Balaban J connectivity index is 2.01. The van der Waals surface area contributed by atoms with E-state index in [-0.39, 0.29) is 12.3 Å². The van der Waals surface area contributed by atoms with Crippen molar-refractivity contribution in [2.24, 2.45) is 0 Å². The van der Waals surface area contributed by atoms with E-state index in [1.807, 2.05) is 0 Å². The van der Waals surface area contributed by atoms with Gasteiger partial charge in [-0.25, -0.2) is 4.79 Å². The van der Waals surface area contributed by atoms with Crippen molar-refractivity contribution in [2.45, 2.75) is 6.92 Å². The van der Waals surface area contributed by atoms with Gasteiger partial charge >= 0.3 is 5.97 Å². The minimum Gasteiger partial charge on any atom is -0.484 e. The molecule has 0 unspecified atom stereocenters. The van der Waals surface area contributed by atoms with E-state index in [1.54, 1.807) is 31.2 Å². The first-order valence-electron chi connectivity index (χ1n) is 7.27. The number of amides is 1. The van der Waals surface area contributed by atoms with Crippen LogP contribution in [0.4, 0.5) is 11.4 Å². The number of carbonyl (C=O) groups excluding carboxylic acids is 2. The highest BCUT2D eigenvalue weighted by molar-refractivity contribution is 5.93. The van der Waals surface area contributed by atoms with Gasteiger partial charge in [0.05, 0.1) is 23.3 Å². The number of ether oxygens (including phenoxy) is 2. The summed E-state index contributed by atoms with van der Waals surface area (Å²) in [7, 11) is 1.27. The predicted octanol–water partition coefficient (Wildman–Crippen LogP) is 2.71. The summed E-state index contributed by atoms with van der Waals surface area (Å²) < 4.78 is 9.95. The summed E-state index contributed by atoms with van der Waals surface area (Å²) in [5.74, 6) is -0.664. The van der Waals surface area contributed by atoms with E-state index in [0.29, 0.717) is 22.6 Å². The normalized spacial score (nSPS) is 10.0. The molecule has 0 aromatic heterocycles. The van der Waals surface area contributed by atoms with Gasteiger partial charge in [-0.2, -0.15) is 0 Å². The maximum Gasteiger partial charge on any atom is 0.337 e. The Hall–Kier alpha value is -3.42. The number of hydrogen-bond acceptors (Lipinski definition) is 6. The number of anilines is 1. The summed E-state index contributed by atoms with van der Waals surface area (Å²) in [6.45, 7) is 1.41. The average molecular weight is 344 g/mol. The Morgan fingerprint density at radius 2 is 1.96 bits per heavy atom. The van der Waals surface area contributed by atoms with Gasteiger partial charge in [0.1, 0.15) is 5.75 Å². The average Bonchev–Trinajstić information content (AvgIpc) is 2.61. The SMILES string of the molecule is COC(=O)c1cccc(OCC(=O)Nc2cc([N+](=O)[O-])ccc2C)c1. The van der Waals surface area contributed by atoms with Gasteiger partial charge in [0.15, 0.2) is 6.61 Å². The summed E-state index contributed by atoms with van der Waals surface area (Å²) in [6.07, 6.45) is 0. The fourth-order valence-electron chi connectivity index (χ4n) is 2.02. The van der Waals surface area contributed by atoms with Crippen LogP contribution in [0.5, 0.6) is 5.75 Å². The number of esters is 1. The lowest BCUT2D eigenvalue weighted by Crippen LogP contribution is -2.20. The summed E-state index contributed by atoms with van der Waals surface area (Å²) in [5.41, 5.74) is 1.21. The third-order valence-corrected chi connectivity index (χ3v) is 3.33. The topological polar surface area (TPSA) is 108 Å². The molecule has 0 radical (unpaired) electrons. The molecule has 0 aliphatic carbocycles. The van der Waals surface area contributed by atoms with Crippen LogP contribution in [0.3, 0.4) is 0 Å². The molecule has 2 rings (SSSR count). The van der Waals surface area contributed by atoms with E-state index >= 15 is 0 Å². The van der Waals surface area contributed by atoms with Crippen LogP contribution < -0.4 is 10.1 Å². The van der Waals surface area contributed by atoms with E-state index in [4.69, 9.17) is 4.74 Å². The summed E-state index contributed by atoms with van der Waals surface area (Å²) in [4.78, 5) is 33.7. The van der Waals surface area contributed by atoms with Gasteiger partial charge in [-0.15, -0.1) is 0 Å². The number of rotatable bonds is 6. The Labute approximate surface area is 143 Å². The highest BCUT2D eigenvalue weighted by Gasteiger charge is 2.12. The van der Waals surface area contributed by atoms with Crippen LogP contribution in [0, 0.1) is 17.0 Å². The molecular formula is C17H16N2O6. The fraction of sp³-hybridized carbons (Fsp3) is 0.176. The molecule has 0 saturated carbocycles. The maximum absolute atomic E-state index is 12.0. The van der Waals surface area contributed by atoms with Crippen LogP contribution >= 0.6 is 0 Å². The number of aryl methyl sites for hydroxylation is 1. The quantitative estimate of drug-likeness (QED) is 0.490. The van der Waals surface area contributed by atoms with Crippen LogP contribution in [0.2, 0.25) is 0 Å². The fourth-order valence-corrected chi connectivity index (χ4v) is 2.02. The molecule has 2 aromatic rings. The van der Waals surface area contributed by atoms with Crippen molar-refractivity contribution in [2.75, 3.05) is 19.0 Å². The Morgan fingerprint density at radius 1 is 1.20 bits per heavy atom. The van der Waals surface area contributed by atoms with E-state index < -0.39 is 16.8 Å². The largest absolute Gasteiger partial charge is 0.484 e. The van der Waals surface area contributed by atoms with Crippen LogP contribution in [0.25, 0.3) is 0 Å². The van der Waals surface area contributed by atoms with Crippen LogP contribution in [-0.2, 0) is 9.53 Å². The summed E-state index contributed by atoms with van der Waals surface area (Å²) in [6, 6.07) is 10.4. The zero-order chi connectivity index (χ0) is 18.4. The second kappa shape index (κ2) is 7.91. The molecule has 1 amide bonds. The molecule has 8 nitrogen and oxygen atoms in total. The van der Waals surface area contributed by atoms with Crippen molar-refractivity contribution < 1.29 is 24.0 Å². The molecule has 0 atom stereocenters. The molecule has 0 aliphatic rings. The lowest BCUT2D eigenvalue weighted by Gasteiger charge is -2.10. The van der Waals surface area contributed by atoms with Crippen molar-refractivity contribution in [3.8, 4) is 5.75 Å². The minimum atomic E-state index is -0.538. The number of benzene rings is 2. The van der Waals surface area contributed by atoms with Crippen LogP contribution in [0.1, 0.15) is 15.9 Å². The predicted molar refractivity (Wildman–Crippen MR) is 89.7 cm³/mol. The van der Waals surface area contributed by atoms with E-state index in [1.165, 1.54) is 25.3 Å². The minimum absolute atomic E-state index is 0.118. The monoisotopic (exact) mass is 344 g/mol. The molecule has 0 spiro atoms. The van der Waals surface area contributed by atoms with Crippen molar-refractivity contribution in [3.63, 3.8) is 0 Å². The van der Waals surface area contributed by atoms with E-state index in [2.05, 4.69) is 10.1 Å². The molecular weight excluding hydrogens is 328 g/mol. The van der Waals surface area contributed by atoms with Gasteiger partial charge < -0.3 is 14.8 Å². The van der Waals surface area contributed by atoms with E-state index in [9.17, 15) is 19.7 Å². The van der Waals surface area contributed by atoms with Crippen molar-refractivity contribution in [1.82, 2.24) is 0 Å². The lowest BCUT2D eigenvalue weighted by molar-refractivity contribution is -0.384. The smallest absolute Gasteiger partial charge is 0.337 e. The number of methoxy groups -OCH3 is 1. The third-order valence-electron chi connectivity index (χ3n) is 3.33. The van der Waals surface area contributed by atoms with Crippen molar-refractivity contribution in [1.29, 1.82) is 0 Å². The van der Waals surface area contributed by atoms with Crippen molar-refractivity contribution >= 4 is 23.3 Å². The highest BCUT2D eigenvalue weighted by atomic mass is 16.6. The molecule has 25 heavy (non-hydrogen) atoms. The first kappa shape index (κ1) is 17.9. The molecule has 0 saturated heterocycles. The van der Waals surface area contributed by atoms with E-state index in [0.717, 1.165) is 0 Å². The van der Waals surface area contributed by atoms with Crippen molar-refractivity contribution in [3.05, 3.63) is 63.7 Å². The lowest BCUT2D eigenvalue weighted by atomic mass is 10.2. The molecule has 130 valence electrons. The zero-order valence-corrected chi connectivity index (χ0v) is 13.6. The molecule has 0 fully saturated rings. The molecule has 1 N–H and O–H groups in total. The van der Waals surface area contributed by atoms with Crippen LogP contribution in [0.15, 0.2) is 42.5 Å². The standard InChI is InChI=1S/C17H16N2O6/c1-11-6-7-13(19(22)23)9-15(11)18-16(20)10-25-14-5-3-4-12(8-14)17(21)24-2/h3-9H,10H2,1-2H3,(H,18,20). The van der Waals surface area contributed by atoms with Gasteiger partial charge in [-0.1, -0.05) is 12.1 Å². The number of nitro benzene ring substituents is 1. The van der Waals surface area contributed by atoms with Crippen LogP contribution in [-0.4, -0.2) is 30.5 Å². The number of non-ortho nitro benzene ring substituents is 1. The first-order chi connectivity index (χ1) is 11.9. The number of nitrogens with one attached hydrogen (secondary N) is 1. The molecule has 0 aliphatic heterocycles. The summed E-state index contributed by atoms with van der Waals surface area (Å²) >= 11 is 0. The molecule has 0 heterocycles. The Bertz CT molecular complexity index is 819. The molecule has 0 bridgehead atoms. The number of nitrogens with zero attached hydrogens (tertiary/aromatic N) is 1. The second-order valence-corrected chi connectivity index (χ2v) is 5.11. The Morgan fingerprint density at radius 3 is 2.64 bits per heavy atom. The van der Waals surface area contributed by atoms with Gasteiger partial charge in [-0.3, -0.25) is 14.9 Å². The Kier molecular flexibility index (Phi) is 5.67. The molecule has 8 heteroatoms. The second-order valence-electron chi connectivity index (χ2n) is 5.11. The zero-order valence-electron chi connectivity index (χ0n) is 13.6. The number of nitro groups is 1.